The third kappa shape index (κ3) is 4.97. The number of nitrogens with one attached hydrogen (secondary N) is 2. The lowest BCUT2D eigenvalue weighted by molar-refractivity contribution is 0.253. The number of urea groups is 1. The minimum absolute atomic E-state index is 0.243. The third-order valence-electron chi connectivity index (χ3n) is 3.02. The van der Waals surface area contributed by atoms with E-state index in [2.05, 4.69) is 22.5 Å². The van der Waals surface area contributed by atoms with Gasteiger partial charge in [0, 0.05) is 5.56 Å². The molecule has 0 atom stereocenters. The van der Waals surface area contributed by atoms with Crippen molar-refractivity contribution in [3.8, 4) is 23.3 Å². The molecule has 0 fully saturated rings. The van der Waals surface area contributed by atoms with Crippen LogP contribution in [0.3, 0.4) is 0 Å². The first-order valence-corrected chi connectivity index (χ1v) is 7.03. The van der Waals surface area contributed by atoms with E-state index in [4.69, 9.17) is 9.47 Å². The van der Waals surface area contributed by atoms with Crippen LogP contribution in [0, 0.1) is 11.8 Å². The maximum atomic E-state index is 11.8. The molecular formula is C18H18N2O3. The van der Waals surface area contributed by atoms with E-state index in [1.54, 1.807) is 26.4 Å². The zero-order valence-electron chi connectivity index (χ0n) is 13.1. The lowest BCUT2D eigenvalue weighted by Gasteiger charge is -2.09. The van der Waals surface area contributed by atoms with Crippen molar-refractivity contribution in [2.75, 3.05) is 26.1 Å². The van der Waals surface area contributed by atoms with Crippen LogP contribution in [0.1, 0.15) is 5.56 Å². The second-order valence-corrected chi connectivity index (χ2v) is 4.54. The van der Waals surface area contributed by atoms with Gasteiger partial charge in [-0.05, 0) is 36.4 Å². The van der Waals surface area contributed by atoms with Crippen LogP contribution in [0.5, 0.6) is 11.5 Å². The van der Waals surface area contributed by atoms with Gasteiger partial charge in [0.25, 0.3) is 0 Å². The first-order valence-electron chi connectivity index (χ1n) is 7.03. The summed E-state index contributed by atoms with van der Waals surface area (Å²) in [6.45, 7) is 0.243. The summed E-state index contributed by atoms with van der Waals surface area (Å²) >= 11 is 0. The molecule has 0 saturated heterocycles. The summed E-state index contributed by atoms with van der Waals surface area (Å²) in [7, 11) is 3.17. The molecule has 2 N–H and O–H groups in total. The molecule has 2 amide bonds. The van der Waals surface area contributed by atoms with Gasteiger partial charge in [0.1, 0.15) is 11.5 Å². The first-order chi connectivity index (χ1) is 11.2. The first kappa shape index (κ1) is 16.2. The molecule has 0 unspecified atom stereocenters. The largest absolute Gasteiger partial charge is 0.497 e. The Bertz CT molecular complexity index is 715. The fraction of sp³-hybridized carbons (Fsp3) is 0.167. The summed E-state index contributed by atoms with van der Waals surface area (Å²) in [4.78, 5) is 11.8. The standard InChI is InChI=1S/C18H18N2O3/c1-22-15-11-9-14(10-12-15)6-5-13-19-18(21)20-16-7-3-4-8-17(16)23-2/h3-4,7-12H,13H2,1-2H3,(H2,19,20,21). The van der Waals surface area contributed by atoms with Crippen LogP contribution in [0.4, 0.5) is 10.5 Å². The molecule has 23 heavy (non-hydrogen) atoms. The Morgan fingerprint density at radius 3 is 2.48 bits per heavy atom. The predicted octanol–water partition coefficient (Wildman–Crippen LogP) is 2.88. The van der Waals surface area contributed by atoms with Gasteiger partial charge in [0.2, 0.25) is 0 Å². The Labute approximate surface area is 135 Å². The van der Waals surface area contributed by atoms with Crippen molar-refractivity contribution in [3.63, 3.8) is 0 Å². The van der Waals surface area contributed by atoms with Gasteiger partial charge in [-0.15, -0.1) is 0 Å². The Morgan fingerprint density at radius 1 is 1.04 bits per heavy atom. The topological polar surface area (TPSA) is 59.6 Å². The third-order valence-corrected chi connectivity index (χ3v) is 3.02. The Kier molecular flexibility index (Phi) is 5.89. The van der Waals surface area contributed by atoms with E-state index in [9.17, 15) is 4.79 Å². The molecule has 0 saturated carbocycles. The average Bonchev–Trinajstić information content (AvgIpc) is 2.59. The van der Waals surface area contributed by atoms with Crippen LogP contribution in [0.15, 0.2) is 48.5 Å². The normalized spacial score (nSPS) is 9.30. The zero-order valence-corrected chi connectivity index (χ0v) is 13.1. The summed E-state index contributed by atoms with van der Waals surface area (Å²) < 4.78 is 10.2. The maximum Gasteiger partial charge on any atom is 0.320 e. The maximum absolute atomic E-state index is 11.8. The molecule has 0 aliphatic carbocycles. The molecular weight excluding hydrogens is 292 g/mol. The minimum atomic E-state index is -0.335. The van der Waals surface area contributed by atoms with E-state index in [-0.39, 0.29) is 12.6 Å². The van der Waals surface area contributed by atoms with E-state index in [1.165, 1.54) is 0 Å². The zero-order chi connectivity index (χ0) is 16.5. The Morgan fingerprint density at radius 2 is 1.78 bits per heavy atom. The number of carbonyl (C=O) groups excluding carboxylic acids is 1. The number of carbonyl (C=O) groups is 1. The summed E-state index contributed by atoms with van der Waals surface area (Å²) in [6.07, 6.45) is 0. The lowest BCUT2D eigenvalue weighted by Crippen LogP contribution is -2.29. The molecule has 0 spiro atoms. The summed E-state index contributed by atoms with van der Waals surface area (Å²) in [5.74, 6) is 7.24. The van der Waals surface area contributed by atoms with Crippen molar-refractivity contribution in [2.45, 2.75) is 0 Å². The number of rotatable bonds is 4. The van der Waals surface area contributed by atoms with Gasteiger partial charge >= 0.3 is 6.03 Å². The molecule has 0 aliphatic rings. The van der Waals surface area contributed by atoms with Crippen molar-refractivity contribution in [1.82, 2.24) is 5.32 Å². The number of ether oxygens (including phenoxy) is 2. The van der Waals surface area contributed by atoms with Crippen LogP contribution in [0.2, 0.25) is 0 Å². The van der Waals surface area contributed by atoms with Gasteiger partial charge in [-0.1, -0.05) is 24.0 Å². The highest BCUT2D eigenvalue weighted by Gasteiger charge is 2.04. The van der Waals surface area contributed by atoms with Gasteiger partial charge in [0.15, 0.2) is 0 Å². The number of hydrogen-bond acceptors (Lipinski definition) is 3. The van der Waals surface area contributed by atoms with Crippen molar-refractivity contribution in [1.29, 1.82) is 0 Å². The summed E-state index contributed by atoms with van der Waals surface area (Å²) in [6, 6.07) is 14.3. The molecule has 2 aromatic rings. The van der Waals surface area contributed by atoms with Gasteiger partial charge < -0.3 is 20.1 Å². The molecule has 0 radical (unpaired) electrons. The Balaban J connectivity index is 1.84. The van der Waals surface area contributed by atoms with Gasteiger partial charge in [-0.3, -0.25) is 0 Å². The highest BCUT2D eigenvalue weighted by molar-refractivity contribution is 5.91. The van der Waals surface area contributed by atoms with Crippen LogP contribution < -0.4 is 20.1 Å². The smallest absolute Gasteiger partial charge is 0.320 e. The predicted molar refractivity (Wildman–Crippen MR) is 89.9 cm³/mol. The van der Waals surface area contributed by atoms with E-state index >= 15 is 0 Å². The second-order valence-electron chi connectivity index (χ2n) is 4.54. The molecule has 118 valence electrons. The fourth-order valence-corrected chi connectivity index (χ4v) is 1.86. The van der Waals surface area contributed by atoms with Gasteiger partial charge in [-0.2, -0.15) is 0 Å². The molecule has 0 bridgehead atoms. The van der Waals surface area contributed by atoms with E-state index in [1.807, 2.05) is 36.4 Å². The Hall–Kier alpha value is -3.13. The van der Waals surface area contributed by atoms with E-state index in [0.29, 0.717) is 11.4 Å². The van der Waals surface area contributed by atoms with Crippen LogP contribution in [-0.4, -0.2) is 26.8 Å². The number of amides is 2. The van der Waals surface area contributed by atoms with E-state index < -0.39 is 0 Å². The molecule has 0 aliphatic heterocycles. The second kappa shape index (κ2) is 8.35. The van der Waals surface area contributed by atoms with Gasteiger partial charge in [0.05, 0.1) is 26.5 Å². The lowest BCUT2D eigenvalue weighted by atomic mass is 10.2. The SMILES string of the molecule is COc1ccc(C#CCNC(=O)Nc2ccccc2OC)cc1. The van der Waals surface area contributed by atoms with E-state index in [0.717, 1.165) is 11.3 Å². The minimum Gasteiger partial charge on any atom is -0.497 e. The van der Waals surface area contributed by atoms with Crippen molar-refractivity contribution in [2.24, 2.45) is 0 Å². The van der Waals surface area contributed by atoms with Crippen LogP contribution in [0.25, 0.3) is 0 Å². The van der Waals surface area contributed by atoms with Crippen molar-refractivity contribution in [3.05, 3.63) is 54.1 Å². The van der Waals surface area contributed by atoms with Crippen LogP contribution >= 0.6 is 0 Å². The molecule has 5 heteroatoms. The highest BCUT2D eigenvalue weighted by Crippen LogP contribution is 2.22. The average molecular weight is 310 g/mol. The quantitative estimate of drug-likeness (QED) is 0.854. The van der Waals surface area contributed by atoms with Crippen LogP contribution in [-0.2, 0) is 0 Å². The molecule has 0 aromatic heterocycles. The van der Waals surface area contributed by atoms with Gasteiger partial charge in [-0.25, -0.2) is 4.79 Å². The summed E-state index contributed by atoms with van der Waals surface area (Å²) in [5, 5.41) is 5.39. The molecule has 0 heterocycles. The summed E-state index contributed by atoms with van der Waals surface area (Å²) in [5.41, 5.74) is 1.47. The number of para-hydroxylation sites is 2. The number of benzene rings is 2. The fourth-order valence-electron chi connectivity index (χ4n) is 1.86. The van der Waals surface area contributed by atoms with Crippen molar-refractivity contribution >= 4 is 11.7 Å². The van der Waals surface area contributed by atoms with Crippen molar-refractivity contribution < 1.29 is 14.3 Å². The number of hydrogen-bond donors (Lipinski definition) is 2. The molecule has 5 nitrogen and oxygen atoms in total. The number of anilines is 1. The number of methoxy groups -OCH3 is 2. The monoisotopic (exact) mass is 310 g/mol. The molecule has 2 rings (SSSR count). The molecule has 2 aromatic carbocycles. The highest BCUT2D eigenvalue weighted by atomic mass is 16.5.